The smallest absolute Gasteiger partial charge is 0.355 e. The maximum atomic E-state index is 14.4. The van der Waals surface area contributed by atoms with Gasteiger partial charge in [0.2, 0.25) is 0 Å². The first-order chi connectivity index (χ1) is 13.4. The summed E-state index contributed by atoms with van der Waals surface area (Å²) in [6.45, 7) is 0.107. The van der Waals surface area contributed by atoms with E-state index in [2.05, 4.69) is 4.74 Å². The van der Waals surface area contributed by atoms with Gasteiger partial charge in [0.15, 0.2) is 17.4 Å². The molecule has 0 bridgehead atoms. The highest BCUT2D eigenvalue weighted by atomic mass is 19.1. The van der Waals surface area contributed by atoms with Crippen molar-refractivity contribution >= 4 is 17.6 Å². The molecule has 2 rings (SSSR count). The highest BCUT2D eigenvalue weighted by Crippen LogP contribution is 2.32. The summed E-state index contributed by atoms with van der Waals surface area (Å²) in [4.78, 5) is 25.5. The number of hydrogen-bond acceptors (Lipinski definition) is 7. The quantitative estimate of drug-likeness (QED) is 0.519. The number of carbonyl (C=O) groups excluding carboxylic acids is 2. The van der Waals surface area contributed by atoms with E-state index in [0.717, 1.165) is 31.3 Å². The summed E-state index contributed by atoms with van der Waals surface area (Å²) in [5, 5.41) is 0. The maximum Gasteiger partial charge on any atom is 0.355 e. The molecule has 7 nitrogen and oxygen atoms in total. The second-order valence-corrected chi connectivity index (χ2v) is 5.40. The van der Waals surface area contributed by atoms with Crippen LogP contribution in [0.2, 0.25) is 0 Å². The molecule has 1 aromatic rings. The Morgan fingerprint density at radius 3 is 2.18 bits per heavy atom. The zero-order valence-electron chi connectivity index (χ0n) is 15.5. The van der Waals surface area contributed by atoms with Crippen molar-refractivity contribution in [1.82, 2.24) is 0 Å². The van der Waals surface area contributed by atoms with Crippen molar-refractivity contribution in [3.63, 3.8) is 0 Å². The number of hydrogen-bond donors (Lipinski definition) is 0. The van der Waals surface area contributed by atoms with Crippen molar-refractivity contribution in [3.05, 3.63) is 59.5 Å². The monoisotopic (exact) mass is 395 g/mol. The fourth-order valence-electron chi connectivity index (χ4n) is 2.42. The lowest BCUT2D eigenvalue weighted by atomic mass is 10.1. The Kier molecular flexibility index (Phi) is 7.28. The van der Waals surface area contributed by atoms with Gasteiger partial charge in [-0.25, -0.2) is 18.4 Å². The van der Waals surface area contributed by atoms with Crippen LogP contribution in [0.15, 0.2) is 47.8 Å². The van der Waals surface area contributed by atoms with Crippen LogP contribution in [0.3, 0.4) is 0 Å². The Hall–Kier alpha value is -3.20. The van der Waals surface area contributed by atoms with Crippen LogP contribution in [-0.4, -0.2) is 46.5 Å². The molecule has 0 spiro atoms. The van der Waals surface area contributed by atoms with Crippen LogP contribution in [-0.2, 0) is 23.8 Å². The Bertz CT molecular complexity index is 824. The lowest BCUT2D eigenvalue weighted by Crippen LogP contribution is -2.27. The van der Waals surface area contributed by atoms with Crippen molar-refractivity contribution in [1.29, 1.82) is 0 Å². The minimum Gasteiger partial charge on any atom is -0.485 e. The predicted molar refractivity (Wildman–Crippen MR) is 95.5 cm³/mol. The molecule has 0 saturated carbocycles. The first kappa shape index (κ1) is 21.1. The largest absolute Gasteiger partial charge is 0.485 e. The Morgan fingerprint density at radius 2 is 1.61 bits per heavy atom. The molecule has 0 aliphatic carbocycles. The van der Waals surface area contributed by atoms with Gasteiger partial charge in [0.1, 0.15) is 12.3 Å². The minimum absolute atomic E-state index is 0.0446. The van der Waals surface area contributed by atoms with E-state index in [0.29, 0.717) is 0 Å². The number of carbonyl (C=O) groups is 2. The fourth-order valence-corrected chi connectivity index (χ4v) is 2.42. The van der Waals surface area contributed by atoms with E-state index in [1.807, 2.05) is 0 Å². The molecule has 0 aromatic heterocycles. The van der Waals surface area contributed by atoms with E-state index in [-0.39, 0.29) is 30.2 Å². The van der Waals surface area contributed by atoms with E-state index in [1.165, 1.54) is 31.5 Å². The first-order valence-corrected chi connectivity index (χ1v) is 8.10. The van der Waals surface area contributed by atoms with E-state index in [9.17, 15) is 18.4 Å². The van der Waals surface area contributed by atoms with Crippen LogP contribution in [0.1, 0.15) is 0 Å². The second-order valence-electron chi connectivity index (χ2n) is 5.40. The van der Waals surface area contributed by atoms with E-state index >= 15 is 0 Å². The number of nitrogens with zero attached hydrogens (tertiary/aromatic N) is 1. The summed E-state index contributed by atoms with van der Waals surface area (Å²) in [5.74, 6) is -4.25. The molecule has 0 amide bonds. The Labute approximate surface area is 160 Å². The SMILES string of the molecule is COCCOc1c(F)cc(N2C=CC=CC(C(=O)OC)=C2C(=O)OC)cc1F. The molecule has 28 heavy (non-hydrogen) atoms. The summed E-state index contributed by atoms with van der Waals surface area (Å²) >= 11 is 0. The van der Waals surface area contributed by atoms with Crippen LogP contribution in [0.25, 0.3) is 0 Å². The van der Waals surface area contributed by atoms with Gasteiger partial charge in [0.05, 0.1) is 32.1 Å². The van der Waals surface area contributed by atoms with Gasteiger partial charge >= 0.3 is 11.9 Å². The molecule has 9 heteroatoms. The third-order valence-corrected chi connectivity index (χ3v) is 3.68. The molecule has 1 aromatic carbocycles. The predicted octanol–water partition coefficient (Wildman–Crippen LogP) is 2.48. The molecule has 1 aliphatic heterocycles. The molecule has 0 N–H and O–H groups in total. The van der Waals surface area contributed by atoms with Crippen LogP contribution in [0.5, 0.6) is 5.75 Å². The van der Waals surface area contributed by atoms with E-state index < -0.39 is 29.3 Å². The van der Waals surface area contributed by atoms with Gasteiger partial charge in [-0.1, -0.05) is 6.08 Å². The molecule has 0 atom stereocenters. The first-order valence-electron chi connectivity index (χ1n) is 8.10. The average Bonchev–Trinajstić information content (AvgIpc) is 2.91. The number of ether oxygens (including phenoxy) is 4. The maximum absolute atomic E-state index is 14.4. The zero-order valence-corrected chi connectivity index (χ0v) is 15.5. The number of allylic oxidation sites excluding steroid dienone is 2. The minimum atomic E-state index is -0.986. The molecule has 0 fully saturated rings. The summed E-state index contributed by atoms with van der Waals surface area (Å²) in [7, 11) is 3.69. The molecule has 0 saturated heterocycles. The molecule has 1 aliphatic rings. The third kappa shape index (κ3) is 4.55. The second kappa shape index (κ2) is 9.65. The van der Waals surface area contributed by atoms with Crippen molar-refractivity contribution in [3.8, 4) is 5.75 Å². The van der Waals surface area contributed by atoms with Crippen LogP contribution >= 0.6 is 0 Å². The number of rotatable bonds is 7. The summed E-state index contributed by atoms with van der Waals surface area (Å²) in [6.07, 6.45) is 5.66. The normalized spacial score (nSPS) is 13.4. The summed E-state index contributed by atoms with van der Waals surface area (Å²) in [5.41, 5.74) is -0.456. The van der Waals surface area contributed by atoms with Gasteiger partial charge in [0.25, 0.3) is 0 Å². The molecule has 1 heterocycles. The van der Waals surface area contributed by atoms with Crippen LogP contribution in [0.4, 0.5) is 14.5 Å². The van der Waals surface area contributed by atoms with Crippen molar-refractivity contribution in [2.45, 2.75) is 0 Å². The van der Waals surface area contributed by atoms with Gasteiger partial charge in [0, 0.05) is 25.4 Å². The van der Waals surface area contributed by atoms with E-state index in [4.69, 9.17) is 14.2 Å². The summed E-state index contributed by atoms with van der Waals surface area (Å²) < 4.78 is 48.1. The Morgan fingerprint density at radius 1 is 0.964 bits per heavy atom. The van der Waals surface area contributed by atoms with Crippen molar-refractivity contribution in [2.75, 3.05) is 39.4 Å². The van der Waals surface area contributed by atoms with Crippen LogP contribution in [0, 0.1) is 11.6 Å². The molecular weight excluding hydrogens is 376 g/mol. The number of halogens is 2. The Balaban J connectivity index is 2.54. The molecule has 0 unspecified atom stereocenters. The molecule has 150 valence electrons. The highest BCUT2D eigenvalue weighted by Gasteiger charge is 2.28. The number of benzene rings is 1. The van der Waals surface area contributed by atoms with Gasteiger partial charge in [-0.15, -0.1) is 0 Å². The number of esters is 2. The number of methoxy groups -OCH3 is 3. The van der Waals surface area contributed by atoms with Gasteiger partial charge in [-0.2, -0.15) is 0 Å². The molecular formula is C19H19F2NO6. The number of anilines is 1. The lowest BCUT2D eigenvalue weighted by molar-refractivity contribution is -0.139. The van der Waals surface area contributed by atoms with E-state index in [1.54, 1.807) is 0 Å². The van der Waals surface area contributed by atoms with Gasteiger partial charge < -0.3 is 23.8 Å². The molecule has 0 radical (unpaired) electrons. The fraction of sp³-hybridized carbons (Fsp3) is 0.263. The zero-order chi connectivity index (χ0) is 20.7. The highest BCUT2D eigenvalue weighted by molar-refractivity contribution is 6.05. The van der Waals surface area contributed by atoms with Gasteiger partial charge in [-0.05, 0) is 12.2 Å². The van der Waals surface area contributed by atoms with Gasteiger partial charge in [-0.3, -0.25) is 0 Å². The lowest BCUT2D eigenvalue weighted by Gasteiger charge is -2.23. The van der Waals surface area contributed by atoms with Crippen molar-refractivity contribution in [2.24, 2.45) is 0 Å². The average molecular weight is 395 g/mol. The topological polar surface area (TPSA) is 74.3 Å². The summed E-state index contributed by atoms with van der Waals surface area (Å²) in [6, 6.07) is 1.94. The van der Waals surface area contributed by atoms with Crippen LogP contribution < -0.4 is 9.64 Å². The third-order valence-electron chi connectivity index (χ3n) is 3.68. The van der Waals surface area contributed by atoms with Crippen molar-refractivity contribution < 1.29 is 37.3 Å². The standard InChI is InChI=1S/C19H19F2NO6/c1-25-8-9-28-17-14(20)10-12(11-15(17)21)22-7-5-4-6-13(18(23)26-2)16(22)19(24)27-3/h4-7,10-11H,8-9H2,1-3H3.